The Labute approximate surface area is 69.3 Å². The predicted molar refractivity (Wildman–Crippen MR) is 51.4 cm³/mol. The summed E-state index contributed by atoms with van der Waals surface area (Å²) in [7, 11) is 0. The zero-order valence-corrected chi connectivity index (χ0v) is 7.43. The van der Waals surface area contributed by atoms with Gasteiger partial charge in [-0.05, 0) is 31.4 Å². The molecule has 0 heterocycles. The molecule has 2 N–H and O–H groups in total. The van der Waals surface area contributed by atoms with Gasteiger partial charge in [-0.25, -0.2) is 0 Å². The second-order valence-electron chi connectivity index (χ2n) is 2.72. The van der Waals surface area contributed by atoms with E-state index in [0.29, 0.717) is 0 Å². The Bertz CT molecular complexity index is 175. The average molecular weight is 151 g/mol. The summed E-state index contributed by atoms with van der Waals surface area (Å²) in [6.45, 7) is 11.5. The van der Waals surface area contributed by atoms with Crippen molar-refractivity contribution in [2.45, 2.75) is 26.3 Å². The number of hydrogen-bond donors (Lipinski definition) is 1. The van der Waals surface area contributed by atoms with Crippen molar-refractivity contribution in [1.29, 1.82) is 0 Å². The Morgan fingerprint density at radius 3 is 2.45 bits per heavy atom. The van der Waals surface area contributed by atoms with Crippen LogP contribution in [0.4, 0.5) is 0 Å². The minimum Gasteiger partial charge on any atom is -0.328 e. The highest BCUT2D eigenvalue weighted by molar-refractivity contribution is 5.36. The Kier molecular flexibility index (Phi) is 4.55. The van der Waals surface area contributed by atoms with E-state index in [2.05, 4.69) is 13.2 Å². The van der Waals surface area contributed by atoms with E-state index in [9.17, 15) is 0 Å². The lowest BCUT2D eigenvalue weighted by Crippen LogP contribution is -2.15. The SMILES string of the molecule is C=CC(=C)/C(=C\C)CC(C)N. The molecule has 1 atom stereocenters. The van der Waals surface area contributed by atoms with E-state index in [1.54, 1.807) is 6.08 Å². The molecule has 0 fully saturated rings. The topological polar surface area (TPSA) is 26.0 Å². The third kappa shape index (κ3) is 3.79. The van der Waals surface area contributed by atoms with Gasteiger partial charge in [0, 0.05) is 6.04 Å². The molecule has 0 saturated heterocycles. The molecule has 0 saturated carbocycles. The lowest BCUT2D eigenvalue weighted by Gasteiger charge is -2.09. The minimum atomic E-state index is 0.192. The number of nitrogens with two attached hydrogens (primary N) is 1. The van der Waals surface area contributed by atoms with Gasteiger partial charge < -0.3 is 5.73 Å². The average Bonchev–Trinajstić information content (AvgIpc) is 1.98. The Hall–Kier alpha value is -0.820. The third-order valence-corrected chi connectivity index (χ3v) is 1.55. The fourth-order valence-corrected chi connectivity index (χ4v) is 0.912. The first-order valence-corrected chi connectivity index (χ1v) is 3.84. The zero-order valence-electron chi connectivity index (χ0n) is 7.43. The summed E-state index contributed by atoms with van der Waals surface area (Å²) in [5, 5.41) is 0. The molecule has 1 heteroatoms. The van der Waals surface area contributed by atoms with Crippen molar-refractivity contribution in [3.63, 3.8) is 0 Å². The first-order valence-electron chi connectivity index (χ1n) is 3.84. The van der Waals surface area contributed by atoms with Crippen LogP contribution in [0, 0.1) is 0 Å². The van der Waals surface area contributed by atoms with Crippen LogP contribution in [-0.4, -0.2) is 6.04 Å². The van der Waals surface area contributed by atoms with Gasteiger partial charge in [0.1, 0.15) is 0 Å². The lowest BCUT2D eigenvalue weighted by atomic mass is 10.0. The summed E-state index contributed by atoms with van der Waals surface area (Å²) in [5.74, 6) is 0. The largest absolute Gasteiger partial charge is 0.328 e. The fourth-order valence-electron chi connectivity index (χ4n) is 0.912. The summed E-state index contributed by atoms with van der Waals surface area (Å²) >= 11 is 0. The van der Waals surface area contributed by atoms with E-state index in [-0.39, 0.29) is 6.04 Å². The maximum Gasteiger partial charge on any atom is 0.00510 e. The van der Waals surface area contributed by atoms with Crippen LogP contribution < -0.4 is 5.73 Å². The van der Waals surface area contributed by atoms with E-state index in [1.807, 2.05) is 19.9 Å². The molecule has 0 aromatic heterocycles. The molecule has 1 unspecified atom stereocenters. The smallest absolute Gasteiger partial charge is 0.00510 e. The molecule has 0 bridgehead atoms. The summed E-state index contributed by atoms with van der Waals surface area (Å²) in [6, 6.07) is 0.192. The molecule has 0 amide bonds. The van der Waals surface area contributed by atoms with Gasteiger partial charge in [0.05, 0.1) is 0 Å². The van der Waals surface area contributed by atoms with Gasteiger partial charge in [-0.15, -0.1) is 0 Å². The van der Waals surface area contributed by atoms with Crippen LogP contribution in [0.15, 0.2) is 36.5 Å². The van der Waals surface area contributed by atoms with Crippen molar-refractivity contribution in [2.75, 3.05) is 0 Å². The molecule has 11 heavy (non-hydrogen) atoms. The molecule has 0 spiro atoms. The highest BCUT2D eigenvalue weighted by Crippen LogP contribution is 2.13. The number of rotatable bonds is 4. The van der Waals surface area contributed by atoms with Crippen LogP contribution in [0.25, 0.3) is 0 Å². The predicted octanol–water partition coefficient (Wildman–Crippen LogP) is 2.41. The molecule has 0 aliphatic rings. The summed E-state index contributed by atoms with van der Waals surface area (Å²) in [5.41, 5.74) is 7.81. The lowest BCUT2D eigenvalue weighted by molar-refractivity contribution is 0.737. The highest BCUT2D eigenvalue weighted by Gasteiger charge is 2.00. The van der Waals surface area contributed by atoms with Crippen molar-refractivity contribution in [1.82, 2.24) is 0 Å². The van der Waals surface area contributed by atoms with Gasteiger partial charge in [-0.1, -0.05) is 25.3 Å². The van der Waals surface area contributed by atoms with E-state index in [1.165, 1.54) is 5.57 Å². The second kappa shape index (κ2) is 4.91. The van der Waals surface area contributed by atoms with Crippen LogP contribution in [0.5, 0.6) is 0 Å². The highest BCUT2D eigenvalue weighted by atomic mass is 14.6. The Balaban J connectivity index is 4.19. The van der Waals surface area contributed by atoms with Crippen molar-refractivity contribution in [2.24, 2.45) is 5.73 Å². The molecule has 0 aromatic rings. The van der Waals surface area contributed by atoms with Crippen molar-refractivity contribution in [3.8, 4) is 0 Å². The Morgan fingerprint density at radius 2 is 2.18 bits per heavy atom. The molecule has 1 nitrogen and oxygen atoms in total. The Morgan fingerprint density at radius 1 is 1.64 bits per heavy atom. The molecule has 0 aliphatic carbocycles. The van der Waals surface area contributed by atoms with Crippen molar-refractivity contribution >= 4 is 0 Å². The zero-order chi connectivity index (χ0) is 8.85. The van der Waals surface area contributed by atoms with Crippen LogP contribution in [0.2, 0.25) is 0 Å². The standard InChI is InChI=1S/C10H17N/c1-5-8(3)10(6-2)7-9(4)11/h5-6,9H,1,3,7,11H2,2,4H3/b10-6-. The maximum atomic E-state index is 5.65. The van der Waals surface area contributed by atoms with Gasteiger partial charge in [0.25, 0.3) is 0 Å². The van der Waals surface area contributed by atoms with Crippen LogP contribution >= 0.6 is 0 Å². The van der Waals surface area contributed by atoms with Crippen LogP contribution in [0.1, 0.15) is 20.3 Å². The fraction of sp³-hybridized carbons (Fsp3) is 0.400. The summed E-state index contributed by atoms with van der Waals surface area (Å²) < 4.78 is 0. The van der Waals surface area contributed by atoms with Crippen molar-refractivity contribution in [3.05, 3.63) is 36.5 Å². The van der Waals surface area contributed by atoms with Gasteiger partial charge in [-0.2, -0.15) is 0 Å². The van der Waals surface area contributed by atoms with Crippen LogP contribution in [0.3, 0.4) is 0 Å². The van der Waals surface area contributed by atoms with Gasteiger partial charge >= 0.3 is 0 Å². The maximum absolute atomic E-state index is 5.65. The molecule has 0 aromatic carbocycles. The third-order valence-electron chi connectivity index (χ3n) is 1.55. The van der Waals surface area contributed by atoms with E-state index >= 15 is 0 Å². The summed E-state index contributed by atoms with van der Waals surface area (Å²) in [4.78, 5) is 0. The van der Waals surface area contributed by atoms with E-state index in [0.717, 1.165) is 12.0 Å². The quantitative estimate of drug-likeness (QED) is 0.613. The molecular formula is C10H17N. The normalized spacial score (nSPS) is 14.3. The van der Waals surface area contributed by atoms with Crippen LogP contribution in [-0.2, 0) is 0 Å². The number of hydrogen-bond acceptors (Lipinski definition) is 1. The first kappa shape index (κ1) is 10.2. The molecule has 0 radical (unpaired) electrons. The summed E-state index contributed by atoms with van der Waals surface area (Å²) in [6.07, 6.45) is 4.67. The monoisotopic (exact) mass is 151 g/mol. The van der Waals surface area contributed by atoms with E-state index in [4.69, 9.17) is 5.73 Å². The molecule has 0 rings (SSSR count). The molecule has 62 valence electrons. The minimum absolute atomic E-state index is 0.192. The van der Waals surface area contributed by atoms with Gasteiger partial charge in [-0.3, -0.25) is 0 Å². The second-order valence-corrected chi connectivity index (χ2v) is 2.72. The number of allylic oxidation sites excluding steroid dienone is 3. The van der Waals surface area contributed by atoms with E-state index < -0.39 is 0 Å². The van der Waals surface area contributed by atoms with Gasteiger partial charge in [0.15, 0.2) is 0 Å². The molecule has 0 aliphatic heterocycles. The van der Waals surface area contributed by atoms with Gasteiger partial charge in [0.2, 0.25) is 0 Å². The molecular weight excluding hydrogens is 134 g/mol. The first-order chi connectivity index (χ1) is 5.11. The van der Waals surface area contributed by atoms with Crippen molar-refractivity contribution < 1.29 is 0 Å².